The Kier molecular flexibility index (Phi) is 5.25. The zero-order chi connectivity index (χ0) is 16.1. The molecule has 2 N–H and O–H groups in total. The van der Waals surface area contributed by atoms with E-state index in [0.29, 0.717) is 0 Å². The minimum Gasteiger partial charge on any atom is -0.460 e. The van der Waals surface area contributed by atoms with Crippen molar-refractivity contribution in [1.29, 1.82) is 0 Å². The van der Waals surface area contributed by atoms with Gasteiger partial charge in [-0.05, 0) is 51.8 Å². The molecule has 0 amide bonds. The maximum atomic E-state index is 5.66. The quantitative estimate of drug-likeness (QED) is 0.616. The highest BCUT2D eigenvalue weighted by molar-refractivity contribution is 7.09. The lowest BCUT2D eigenvalue weighted by Gasteiger charge is -2.04. The third-order valence-electron chi connectivity index (χ3n) is 3.68. The van der Waals surface area contributed by atoms with Gasteiger partial charge in [0.15, 0.2) is 5.76 Å². The van der Waals surface area contributed by atoms with Crippen LogP contribution in [0.4, 0.5) is 0 Å². The van der Waals surface area contributed by atoms with Crippen molar-refractivity contribution in [3.05, 3.63) is 45.7 Å². The predicted molar refractivity (Wildman–Crippen MR) is 92.5 cm³/mol. The molecule has 0 aliphatic heterocycles. The molecule has 6 heteroatoms. The number of nitrogens with zero attached hydrogens (tertiary/aromatic N) is 2. The van der Waals surface area contributed by atoms with E-state index in [-0.39, 0.29) is 0 Å². The fourth-order valence-corrected chi connectivity index (χ4v) is 3.31. The number of thiazole rings is 1. The van der Waals surface area contributed by atoms with Crippen LogP contribution in [0.25, 0.3) is 11.5 Å². The SMILES string of the molecule is Cc1csc(CCCCNCc2cn[nH]c2-c2ccc(C)o2)n1. The van der Waals surface area contributed by atoms with E-state index < -0.39 is 0 Å². The summed E-state index contributed by atoms with van der Waals surface area (Å²) in [4.78, 5) is 4.49. The minimum absolute atomic E-state index is 0.794. The summed E-state index contributed by atoms with van der Waals surface area (Å²) < 4.78 is 5.66. The van der Waals surface area contributed by atoms with Crippen molar-refractivity contribution in [2.24, 2.45) is 0 Å². The Bertz CT molecular complexity index is 743. The second-order valence-electron chi connectivity index (χ2n) is 5.70. The van der Waals surface area contributed by atoms with E-state index in [1.54, 1.807) is 11.3 Å². The molecule has 3 aromatic rings. The van der Waals surface area contributed by atoms with Crippen LogP contribution >= 0.6 is 11.3 Å². The Hall–Kier alpha value is -1.92. The van der Waals surface area contributed by atoms with Crippen LogP contribution in [-0.4, -0.2) is 21.7 Å². The van der Waals surface area contributed by atoms with E-state index >= 15 is 0 Å². The fourth-order valence-electron chi connectivity index (χ4n) is 2.49. The first-order valence-electron chi connectivity index (χ1n) is 7.93. The highest BCUT2D eigenvalue weighted by atomic mass is 32.1. The molecule has 23 heavy (non-hydrogen) atoms. The van der Waals surface area contributed by atoms with Crippen molar-refractivity contribution in [2.75, 3.05) is 6.54 Å². The number of aryl methyl sites for hydroxylation is 3. The van der Waals surface area contributed by atoms with Crippen LogP contribution in [0.1, 0.15) is 34.9 Å². The lowest BCUT2D eigenvalue weighted by molar-refractivity contribution is 0.544. The van der Waals surface area contributed by atoms with Gasteiger partial charge >= 0.3 is 0 Å². The second-order valence-corrected chi connectivity index (χ2v) is 6.64. The lowest BCUT2D eigenvalue weighted by Crippen LogP contribution is -2.15. The number of aromatic amines is 1. The van der Waals surface area contributed by atoms with Gasteiger partial charge in [-0.2, -0.15) is 5.10 Å². The summed E-state index contributed by atoms with van der Waals surface area (Å²) in [6, 6.07) is 3.94. The first kappa shape index (κ1) is 16.0. The van der Waals surface area contributed by atoms with Crippen LogP contribution in [-0.2, 0) is 13.0 Å². The van der Waals surface area contributed by atoms with Crippen molar-refractivity contribution in [3.8, 4) is 11.5 Å². The zero-order valence-corrected chi connectivity index (χ0v) is 14.4. The molecule has 0 aliphatic rings. The van der Waals surface area contributed by atoms with Gasteiger partial charge in [-0.3, -0.25) is 5.10 Å². The van der Waals surface area contributed by atoms with Gasteiger partial charge in [-0.25, -0.2) is 4.98 Å². The smallest absolute Gasteiger partial charge is 0.152 e. The number of furan rings is 1. The van der Waals surface area contributed by atoms with Gasteiger partial charge in [0.05, 0.1) is 11.2 Å². The summed E-state index contributed by atoms with van der Waals surface area (Å²) in [6.07, 6.45) is 5.24. The third-order valence-corrected chi connectivity index (χ3v) is 4.71. The van der Waals surface area contributed by atoms with Crippen LogP contribution in [0.15, 0.2) is 28.1 Å². The molecule has 0 bridgehead atoms. The zero-order valence-electron chi connectivity index (χ0n) is 13.6. The van der Waals surface area contributed by atoms with Crippen molar-refractivity contribution >= 4 is 11.3 Å². The number of aromatic nitrogens is 3. The average molecular weight is 330 g/mol. The third kappa shape index (κ3) is 4.30. The Labute approximate surface area is 140 Å². The van der Waals surface area contributed by atoms with E-state index in [1.165, 1.54) is 5.01 Å². The minimum atomic E-state index is 0.794. The summed E-state index contributed by atoms with van der Waals surface area (Å²) in [7, 11) is 0. The lowest BCUT2D eigenvalue weighted by atomic mass is 10.2. The molecule has 0 atom stereocenters. The van der Waals surface area contributed by atoms with E-state index in [2.05, 4.69) is 25.9 Å². The number of unbranched alkanes of at least 4 members (excludes halogenated alkanes) is 1. The molecular formula is C17H22N4OS. The first-order chi connectivity index (χ1) is 11.2. The Morgan fingerprint density at radius 2 is 2.17 bits per heavy atom. The predicted octanol–water partition coefficient (Wildman–Crippen LogP) is 3.86. The number of hydrogen-bond donors (Lipinski definition) is 2. The maximum Gasteiger partial charge on any atom is 0.152 e. The van der Waals surface area contributed by atoms with Gasteiger partial charge in [0.25, 0.3) is 0 Å². The molecule has 0 aliphatic carbocycles. The highest BCUT2D eigenvalue weighted by Crippen LogP contribution is 2.23. The number of nitrogens with one attached hydrogen (secondary N) is 2. The highest BCUT2D eigenvalue weighted by Gasteiger charge is 2.10. The fraction of sp³-hybridized carbons (Fsp3) is 0.412. The van der Waals surface area contributed by atoms with Crippen LogP contribution in [0.3, 0.4) is 0 Å². The summed E-state index contributed by atoms with van der Waals surface area (Å²) >= 11 is 1.76. The van der Waals surface area contributed by atoms with Crippen LogP contribution < -0.4 is 5.32 Å². The topological polar surface area (TPSA) is 66.7 Å². The van der Waals surface area contributed by atoms with Crippen molar-refractivity contribution in [2.45, 2.75) is 39.7 Å². The summed E-state index contributed by atoms with van der Waals surface area (Å²) in [5.74, 6) is 1.75. The monoisotopic (exact) mass is 330 g/mol. The van der Waals surface area contributed by atoms with Crippen molar-refractivity contribution in [1.82, 2.24) is 20.5 Å². The Morgan fingerprint density at radius 3 is 2.91 bits per heavy atom. The van der Waals surface area contributed by atoms with Gasteiger partial charge in [-0.15, -0.1) is 11.3 Å². The number of hydrogen-bond acceptors (Lipinski definition) is 5. The van der Waals surface area contributed by atoms with Crippen LogP contribution in [0.2, 0.25) is 0 Å². The Balaban J connectivity index is 1.40. The van der Waals surface area contributed by atoms with Crippen molar-refractivity contribution < 1.29 is 4.42 Å². The van der Waals surface area contributed by atoms with E-state index in [4.69, 9.17) is 4.42 Å². The molecule has 3 aromatic heterocycles. The molecule has 0 fully saturated rings. The molecular weight excluding hydrogens is 308 g/mol. The molecule has 0 radical (unpaired) electrons. The largest absolute Gasteiger partial charge is 0.460 e. The number of H-pyrrole nitrogens is 1. The molecule has 0 saturated heterocycles. The van der Waals surface area contributed by atoms with Gasteiger partial charge in [0.2, 0.25) is 0 Å². The van der Waals surface area contributed by atoms with Gasteiger partial charge in [0.1, 0.15) is 11.5 Å². The van der Waals surface area contributed by atoms with Gasteiger partial charge < -0.3 is 9.73 Å². The average Bonchev–Trinajstić information content (AvgIpc) is 3.24. The molecule has 5 nitrogen and oxygen atoms in total. The second kappa shape index (κ2) is 7.57. The first-order valence-corrected chi connectivity index (χ1v) is 8.81. The molecule has 0 saturated carbocycles. The molecule has 122 valence electrons. The van der Waals surface area contributed by atoms with Crippen molar-refractivity contribution in [3.63, 3.8) is 0 Å². The molecule has 3 rings (SSSR count). The van der Waals surface area contributed by atoms with Gasteiger partial charge in [-0.1, -0.05) is 0 Å². The van der Waals surface area contributed by atoms with E-state index in [9.17, 15) is 0 Å². The number of rotatable bonds is 8. The van der Waals surface area contributed by atoms with Crippen LogP contribution in [0, 0.1) is 13.8 Å². The van der Waals surface area contributed by atoms with E-state index in [0.717, 1.165) is 60.8 Å². The maximum absolute atomic E-state index is 5.66. The molecule has 3 heterocycles. The summed E-state index contributed by atoms with van der Waals surface area (Å²) in [6.45, 7) is 5.78. The van der Waals surface area contributed by atoms with Gasteiger partial charge in [0, 0.05) is 23.2 Å². The molecule has 0 unspecified atom stereocenters. The molecule has 0 spiro atoms. The summed E-state index contributed by atoms with van der Waals surface area (Å²) in [5, 5.41) is 14.0. The normalized spacial score (nSPS) is 11.2. The summed E-state index contributed by atoms with van der Waals surface area (Å²) in [5.41, 5.74) is 3.22. The molecule has 0 aromatic carbocycles. The van der Waals surface area contributed by atoms with E-state index in [1.807, 2.05) is 32.2 Å². The Morgan fingerprint density at radius 1 is 1.26 bits per heavy atom. The standard InChI is InChI=1S/C17H22N4OS/c1-12-11-23-16(20-12)5-3-4-8-18-9-14-10-19-21-17(14)15-7-6-13(2)22-15/h6-7,10-11,18H,3-5,8-9H2,1-2H3,(H,19,21). The van der Waals surface area contributed by atoms with Crippen LogP contribution in [0.5, 0.6) is 0 Å².